The standard InChI is InChI=1S/C16H24N2O5/c19-13(10-17-9-12(17)14(20)21)18-8-4-7-16(18,15(22)23)11-5-2-1-3-6-11/h11-12H,1-10H2,(H,20,21)(H,22,23)/t12?,16-,17?/m1/s1. The van der Waals surface area contributed by atoms with Gasteiger partial charge in [0.2, 0.25) is 5.91 Å². The van der Waals surface area contributed by atoms with Crippen molar-refractivity contribution in [3.05, 3.63) is 0 Å². The van der Waals surface area contributed by atoms with Crippen LogP contribution in [0.4, 0.5) is 0 Å². The molecule has 3 atom stereocenters. The molecular formula is C16H24N2O5. The van der Waals surface area contributed by atoms with Crippen molar-refractivity contribution in [1.82, 2.24) is 9.80 Å². The van der Waals surface area contributed by atoms with Gasteiger partial charge in [0.1, 0.15) is 11.6 Å². The van der Waals surface area contributed by atoms with Gasteiger partial charge in [0.25, 0.3) is 0 Å². The molecule has 128 valence electrons. The lowest BCUT2D eigenvalue weighted by Gasteiger charge is -2.42. The highest BCUT2D eigenvalue weighted by molar-refractivity contribution is 5.90. The van der Waals surface area contributed by atoms with Gasteiger partial charge in [-0.05, 0) is 31.6 Å². The number of amides is 1. The number of carboxylic acid groups (broad SMARTS) is 2. The molecule has 23 heavy (non-hydrogen) atoms. The number of carbonyl (C=O) groups is 3. The summed E-state index contributed by atoms with van der Waals surface area (Å²) < 4.78 is 0. The minimum absolute atomic E-state index is 0.0126. The Morgan fingerprint density at radius 3 is 2.30 bits per heavy atom. The summed E-state index contributed by atoms with van der Waals surface area (Å²) in [6, 6.07) is -0.588. The SMILES string of the molecule is O=C(O)C1CN1CC(=O)N1CCC[C@]1(C(=O)O)C1CCCCC1. The van der Waals surface area contributed by atoms with E-state index in [0.717, 1.165) is 32.1 Å². The number of aliphatic carboxylic acids is 2. The summed E-state index contributed by atoms with van der Waals surface area (Å²) in [5.41, 5.74) is -1.08. The summed E-state index contributed by atoms with van der Waals surface area (Å²) in [6.07, 6.45) is 6.12. The minimum Gasteiger partial charge on any atom is -0.480 e. The summed E-state index contributed by atoms with van der Waals surface area (Å²) >= 11 is 0. The summed E-state index contributed by atoms with van der Waals surface area (Å²) in [6.45, 7) is 0.852. The average molecular weight is 324 g/mol. The molecule has 0 bridgehead atoms. The van der Waals surface area contributed by atoms with Gasteiger partial charge in [-0.1, -0.05) is 19.3 Å². The molecule has 2 unspecified atom stereocenters. The molecule has 2 aliphatic heterocycles. The topological polar surface area (TPSA) is 97.9 Å². The van der Waals surface area contributed by atoms with E-state index in [1.54, 1.807) is 9.80 Å². The smallest absolute Gasteiger partial charge is 0.329 e. The Morgan fingerprint density at radius 1 is 1.04 bits per heavy atom. The van der Waals surface area contributed by atoms with E-state index in [0.29, 0.717) is 25.9 Å². The van der Waals surface area contributed by atoms with Crippen LogP contribution < -0.4 is 0 Å². The van der Waals surface area contributed by atoms with Crippen molar-refractivity contribution in [2.75, 3.05) is 19.6 Å². The second-order valence-electron chi connectivity index (χ2n) is 7.00. The van der Waals surface area contributed by atoms with Gasteiger partial charge in [-0.3, -0.25) is 14.5 Å². The van der Waals surface area contributed by atoms with E-state index in [9.17, 15) is 19.5 Å². The maximum Gasteiger partial charge on any atom is 0.329 e. The van der Waals surface area contributed by atoms with Gasteiger partial charge >= 0.3 is 11.9 Å². The van der Waals surface area contributed by atoms with Gasteiger partial charge in [0, 0.05) is 13.1 Å². The van der Waals surface area contributed by atoms with Crippen LogP contribution in [0.2, 0.25) is 0 Å². The van der Waals surface area contributed by atoms with E-state index < -0.39 is 23.5 Å². The predicted octanol–water partition coefficient (Wildman–Crippen LogP) is 0.781. The molecule has 0 aromatic carbocycles. The highest BCUT2D eigenvalue weighted by atomic mass is 16.4. The molecule has 0 aromatic heterocycles. The van der Waals surface area contributed by atoms with Gasteiger partial charge in [-0.25, -0.2) is 4.79 Å². The van der Waals surface area contributed by atoms with E-state index in [4.69, 9.17) is 5.11 Å². The summed E-state index contributed by atoms with van der Waals surface area (Å²) in [7, 11) is 0. The van der Waals surface area contributed by atoms with Gasteiger partial charge in [-0.2, -0.15) is 0 Å². The van der Waals surface area contributed by atoms with Gasteiger partial charge < -0.3 is 15.1 Å². The average Bonchev–Trinajstić information content (AvgIpc) is 3.14. The van der Waals surface area contributed by atoms with E-state index in [2.05, 4.69) is 0 Å². The van der Waals surface area contributed by atoms with E-state index in [1.807, 2.05) is 0 Å². The Hall–Kier alpha value is -1.63. The number of nitrogens with zero attached hydrogens (tertiary/aromatic N) is 2. The number of carboxylic acids is 2. The lowest BCUT2D eigenvalue weighted by molar-refractivity contribution is -0.161. The molecule has 0 spiro atoms. The fourth-order valence-corrected chi connectivity index (χ4v) is 4.43. The molecule has 1 amide bonds. The van der Waals surface area contributed by atoms with Crippen molar-refractivity contribution in [3.8, 4) is 0 Å². The van der Waals surface area contributed by atoms with Crippen LogP contribution in [0.3, 0.4) is 0 Å². The van der Waals surface area contributed by atoms with Crippen molar-refractivity contribution in [2.45, 2.75) is 56.5 Å². The van der Waals surface area contributed by atoms with Gasteiger partial charge in [-0.15, -0.1) is 0 Å². The maximum absolute atomic E-state index is 12.7. The normalized spacial score (nSPS) is 34.3. The number of carbonyl (C=O) groups excluding carboxylic acids is 1. The van der Waals surface area contributed by atoms with Crippen molar-refractivity contribution in [1.29, 1.82) is 0 Å². The van der Waals surface area contributed by atoms with Gasteiger partial charge in [0.05, 0.1) is 6.54 Å². The Bertz CT molecular complexity index is 517. The number of likely N-dealkylation sites (tertiary alicyclic amines) is 1. The summed E-state index contributed by atoms with van der Waals surface area (Å²) in [4.78, 5) is 38.8. The monoisotopic (exact) mass is 324 g/mol. The molecule has 3 fully saturated rings. The van der Waals surface area contributed by atoms with Crippen LogP contribution in [-0.2, 0) is 14.4 Å². The number of rotatable bonds is 5. The molecular weight excluding hydrogens is 300 g/mol. The van der Waals surface area contributed by atoms with Crippen LogP contribution >= 0.6 is 0 Å². The van der Waals surface area contributed by atoms with Crippen LogP contribution in [0, 0.1) is 5.92 Å². The molecule has 7 heteroatoms. The Balaban J connectivity index is 1.75. The third kappa shape index (κ3) is 2.82. The predicted molar refractivity (Wildman–Crippen MR) is 80.9 cm³/mol. The zero-order valence-corrected chi connectivity index (χ0v) is 13.2. The third-order valence-corrected chi connectivity index (χ3v) is 5.71. The first kappa shape index (κ1) is 16.2. The van der Waals surface area contributed by atoms with E-state index in [1.165, 1.54) is 0 Å². The Morgan fingerprint density at radius 2 is 1.74 bits per heavy atom. The van der Waals surface area contributed by atoms with E-state index in [-0.39, 0.29) is 18.4 Å². The first-order chi connectivity index (χ1) is 11.0. The molecule has 1 saturated carbocycles. The lowest BCUT2D eigenvalue weighted by atomic mass is 9.73. The second-order valence-corrected chi connectivity index (χ2v) is 7.00. The third-order valence-electron chi connectivity index (χ3n) is 5.71. The molecule has 3 rings (SSSR count). The maximum atomic E-state index is 12.7. The van der Waals surface area contributed by atoms with Crippen LogP contribution in [0.1, 0.15) is 44.9 Å². The first-order valence-electron chi connectivity index (χ1n) is 8.47. The zero-order chi connectivity index (χ0) is 16.6. The van der Waals surface area contributed by atoms with E-state index >= 15 is 0 Å². The molecule has 2 saturated heterocycles. The van der Waals surface area contributed by atoms with Crippen LogP contribution in [0.15, 0.2) is 0 Å². The first-order valence-corrected chi connectivity index (χ1v) is 8.47. The molecule has 2 N–H and O–H groups in total. The lowest BCUT2D eigenvalue weighted by Crippen LogP contribution is -2.59. The zero-order valence-electron chi connectivity index (χ0n) is 13.2. The summed E-state index contributed by atoms with van der Waals surface area (Å²) in [5, 5.41) is 18.9. The highest BCUT2D eigenvalue weighted by Crippen LogP contribution is 2.43. The van der Waals surface area contributed by atoms with Crippen LogP contribution in [0.5, 0.6) is 0 Å². The molecule has 2 heterocycles. The fourth-order valence-electron chi connectivity index (χ4n) is 4.43. The Labute approximate surface area is 135 Å². The molecule has 0 aromatic rings. The number of hydrogen-bond acceptors (Lipinski definition) is 4. The van der Waals surface area contributed by atoms with Crippen molar-refractivity contribution in [2.24, 2.45) is 5.92 Å². The number of hydrogen-bond donors (Lipinski definition) is 2. The van der Waals surface area contributed by atoms with Crippen molar-refractivity contribution < 1.29 is 24.6 Å². The Kier molecular flexibility index (Phi) is 4.31. The van der Waals surface area contributed by atoms with Gasteiger partial charge in [0.15, 0.2) is 0 Å². The largest absolute Gasteiger partial charge is 0.480 e. The quantitative estimate of drug-likeness (QED) is 0.725. The molecule has 1 aliphatic carbocycles. The van der Waals surface area contributed by atoms with Crippen molar-refractivity contribution >= 4 is 17.8 Å². The highest BCUT2D eigenvalue weighted by Gasteiger charge is 2.55. The molecule has 0 radical (unpaired) electrons. The minimum atomic E-state index is -1.08. The molecule has 7 nitrogen and oxygen atoms in total. The molecule has 3 aliphatic rings. The second kappa shape index (κ2) is 6.11. The van der Waals surface area contributed by atoms with Crippen LogP contribution in [0.25, 0.3) is 0 Å². The fraction of sp³-hybridized carbons (Fsp3) is 0.812. The van der Waals surface area contributed by atoms with Crippen LogP contribution in [-0.4, -0.2) is 69.1 Å². The summed E-state index contributed by atoms with van der Waals surface area (Å²) in [5.74, 6) is -2.03. The van der Waals surface area contributed by atoms with Crippen molar-refractivity contribution in [3.63, 3.8) is 0 Å².